The lowest BCUT2D eigenvalue weighted by Gasteiger charge is -2.16. The SMILES string of the molecule is Cc1ccc(C2=NC(=O)C(N)C(=O)N2)cc1. The number of rotatable bonds is 1. The molecule has 5 nitrogen and oxygen atoms in total. The summed E-state index contributed by atoms with van der Waals surface area (Å²) in [6.07, 6.45) is 0. The molecule has 1 atom stereocenters. The number of hydrogen-bond donors (Lipinski definition) is 2. The molecule has 82 valence electrons. The first kappa shape index (κ1) is 10.5. The summed E-state index contributed by atoms with van der Waals surface area (Å²) in [5.41, 5.74) is 7.10. The quantitative estimate of drug-likeness (QED) is 0.635. The molecule has 2 amide bonds. The molecule has 0 radical (unpaired) electrons. The number of amides is 2. The van der Waals surface area contributed by atoms with Crippen molar-refractivity contribution in [3.05, 3.63) is 35.4 Å². The van der Waals surface area contributed by atoms with Crippen LogP contribution in [0.4, 0.5) is 0 Å². The number of aliphatic imine (C=N–C) groups is 1. The minimum absolute atomic E-state index is 0.261. The average Bonchev–Trinajstić information content (AvgIpc) is 2.26. The maximum absolute atomic E-state index is 11.3. The molecule has 0 saturated carbocycles. The van der Waals surface area contributed by atoms with E-state index in [9.17, 15) is 9.59 Å². The van der Waals surface area contributed by atoms with Crippen LogP contribution in [0.5, 0.6) is 0 Å². The summed E-state index contributed by atoms with van der Waals surface area (Å²) in [6.45, 7) is 1.95. The van der Waals surface area contributed by atoms with Crippen molar-refractivity contribution in [3.8, 4) is 0 Å². The van der Waals surface area contributed by atoms with Gasteiger partial charge in [-0.25, -0.2) is 0 Å². The Bertz CT molecular complexity index is 477. The zero-order chi connectivity index (χ0) is 11.7. The van der Waals surface area contributed by atoms with Crippen molar-refractivity contribution in [3.63, 3.8) is 0 Å². The number of amidine groups is 1. The van der Waals surface area contributed by atoms with Crippen LogP contribution in [0.1, 0.15) is 11.1 Å². The third kappa shape index (κ3) is 1.85. The Labute approximate surface area is 92.4 Å². The molecule has 0 saturated heterocycles. The highest BCUT2D eigenvalue weighted by Crippen LogP contribution is 2.06. The van der Waals surface area contributed by atoms with Gasteiger partial charge in [-0.1, -0.05) is 29.8 Å². The summed E-state index contributed by atoms with van der Waals surface area (Å²) in [4.78, 5) is 26.3. The molecular weight excluding hydrogens is 206 g/mol. The third-order valence-electron chi connectivity index (χ3n) is 2.34. The van der Waals surface area contributed by atoms with E-state index in [2.05, 4.69) is 10.3 Å². The van der Waals surface area contributed by atoms with Gasteiger partial charge in [0.25, 0.3) is 11.8 Å². The average molecular weight is 217 g/mol. The van der Waals surface area contributed by atoms with Gasteiger partial charge in [0, 0.05) is 5.56 Å². The lowest BCUT2D eigenvalue weighted by molar-refractivity contribution is -0.129. The van der Waals surface area contributed by atoms with Gasteiger partial charge in [0.05, 0.1) is 0 Å². The number of nitrogens with two attached hydrogens (primary N) is 1. The number of aryl methyl sites for hydroxylation is 1. The highest BCUT2D eigenvalue weighted by Gasteiger charge is 2.28. The van der Waals surface area contributed by atoms with Gasteiger partial charge in [-0.15, -0.1) is 0 Å². The van der Waals surface area contributed by atoms with Crippen molar-refractivity contribution in [2.24, 2.45) is 10.7 Å². The molecule has 1 heterocycles. The van der Waals surface area contributed by atoms with E-state index in [-0.39, 0.29) is 5.84 Å². The van der Waals surface area contributed by atoms with E-state index in [0.717, 1.165) is 5.56 Å². The minimum Gasteiger partial charge on any atom is -0.312 e. The zero-order valence-corrected chi connectivity index (χ0v) is 8.73. The van der Waals surface area contributed by atoms with Gasteiger partial charge < -0.3 is 11.1 Å². The van der Waals surface area contributed by atoms with E-state index in [1.807, 2.05) is 19.1 Å². The minimum atomic E-state index is -1.19. The van der Waals surface area contributed by atoms with Gasteiger partial charge in [-0.05, 0) is 6.92 Å². The Morgan fingerprint density at radius 1 is 1.25 bits per heavy atom. The predicted octanol–water partition coefficient (Wildman–Crippen LogP) is -0.275. The van der Waals surface area contributed by atoms with Gasteiger partial charge in [-0.3, -0.25) is 9.59 Å². The van der Waals surface area contributed by atoms with Crippen molar-refractivity contribution in [1.29, 1.82) is 0 Å². The fraction of sp³-hybridized carbons (Fsp3) is 0.182. The number of benzene rings is 1. The summed E-state index contributed by atoms with van der Waals surface area (Å²) in [5, 5.41) is 2.50. The van der Waals surface area contributed by atoms with Crippen LogP contribution in [0, 0.1) is 6.92 Å². The van der Waals surface area contributed by atoms with E-state index in [1.54, 1.807) is 12.1 Å². The van der Waals surface area contributed by atoms with Gasteiger partial charge in [0.2, 0.25) is 0 Å². The topological polar surface area (TPSA) is 84.6 Å². The molecule has 0 aliphatic carbocycles. The summed E-state index contributed by atoms with van der Waals surface area (Å²) in [6, 6.07) is 6.15. The van der Waals surface area contributed by atoms with Gasteiger partial charge in [0.1, 0.15) is 5.84 Å². The molecule has 0 fully saturated rings. The number of nitrogens with zero attached hydrogens (tertiary/aromatic N) is 1. The lowest BCUT2D eigenvalue weighted by atomic mass is 10.1. The molecular formula is C11H11N3O2. The third-order valence-corrected chi connectivity index (χ3v) is 2.34. The Balaban J connectivity index is 2.35. The predicted molar refractivity (Wildman–Crippen MR) is 58.8 cm³/mol. The normalized spacial score (nSPS) is 20.4. The van der Waals surface area contributed by atoms with E-state index in [1.165, 1.54) is 0 Å². The van der Waals surface area contributed by atoms with E-state index in [4.69, 9.17) is 5.73 Å². The highest BCUT2D eigenvalue weighted by atomic mass is 16.2. The van der Waals surface area contributed by atoms with Crippen molar-refractivity contribution < 1.29 is 9.59 Å². The maximum Gasteiger partial charge on any atom is 0.274 e. The van der Waals surface area contributed by atoms with E-state index in [0.29, 0.717) is 5.56 Å². The summed E-state index contributed by atoms with van der Waals surface area (Å²) in [5.74, 6) is -0.869. The van der Waals surface area contributed by atoms with E-state index >= 15 is 0 Å². The fourth-order valence-electron chi connectivity index (χ4n) is 1.36. The van der Waals surface area contributed by atoms with Crippen LogP contribution < -0.4 is 11.1 Å². The van der Waals surface area contributed by atoms with Crippen LogP contribution in [-0.4, -0.2) is 23.7 Å². The largest absolute Gasteiger partial charge is 0.312 e. The molecule has 2 rings (SSSR count). The zero-order valence-electron chi connectivity index (χ0n) is 8.73. The highest BCUT2D eigenvalue weighted by molar-refractivity contribution is 6.22. The van der Waals surface area contributed by atoms with Crippen molar-refractivity contribution in [1.82, 2.24) is 5.32 Å². The maximum atomic E-state index is 11.3. The molecule has 0 aromatic heterocycles. The molecule has 1 unspecified atom stereocenters. The Kier molecular flexibility index (Phi) is 2.54. The molecule has 5 heteroatoms. The molecule has 1 aromatic carbocycles. The second-order valence-electron chi connectivity index (χ2n) is 3.63. The number of carbonyl (C=O) groups is 2. The smallest absolute Gasteiger partial charge is 0.274 e. The molecule has 16 heavy (non-hydrogen) atoms. The lowest BCUT2D eigenvalue weighted by Crippen LogP contribution is -2.52. The molecule has 0 spiro atoms. The fourth-order valence-corrected chi connectivity index (χ4v) is 1.36. The first-order valence-electron chi connectivity index (χ1n) is 4.84. The van der Waals surface area contributed by atoms with Crippen LogP contribution >= 0.6 is 0 Å². The monoisotopic (exact) mass is 217 g/mol. The van der Waals surface area contributed by atoms with Gasteiger partial charge in [0.15, 0.2) is 6.04 Å². The first-order chi connectivity index (χ1) is 7.58. The van der Waals surface area contributed by atoms with Crippen molar-refractivity contribution in [2.45, 2.75) is 13.0 Å². The summed E-state index contributed by atoms with van der Waals surface area (Å²) < 4.78 is 0. The second kappa shape index (κ2) is 3.86. The Morgan fingerprint density at radius 3 is 2.44 bits per heavy atom. The summed E-state index contributed by atoms with van der Waals surface area (Å²) in [7, 11) is 0. The van der Waals surface area contributed by atoms with Crippen molar-refractivity contribution in [2.75, 3.05) is 0 Å². The van der Waals surface area contributed by atoms with Gasteiger partial charge >= 0.3 is 0 Å². The van der Waals surface area contributed by atoms with Crippen LogP contribution in [0.3, 0.4) is 0 Å². The molecule has 1 aliphatic rings. The standard InChI is InChI=1S/C11H11N3O2/c1-6-2-4-7(5-3-6)9-13-10(15)8(12)11(16)14-9/h2-5,8H,12H2,1H3,(H,13,14,15,16). The second-order valence-corrected chi connectivity index (χ2v) is 3.63. The number of nitrogens with one attached hydrogen (secondary N) is 1. The van der Waals surface area contributed by atoms with Crippen LogP contribution in [0.15, 0.2) is 29.3 Å². The van der Waals surface area contributed by atoms with Crippen LogP contribution in [0.25, 0.3) is 0 Å². The first-order valence-corrected chi connectivity index (χ1v) is 4.84. The Hall–Kier alpha value is -2.01. The molecule has 0 bridgehead atoms. The molecule has 1 aromatic rings. The van der Waals surface area contributed by atoms with Crippen LogP contribution in [0.2, 0.25) is 0 Å². The Morgan fingerprint density at radius 2 is 1.88 bits per heavy atom. The van der Waals surface area contributed by atoms with Crippen LogP contribution in [-0.2, 0) is 9.59 Å². The summed E-state index contributed by atoms with van der Waals surface area (Å²) >= 11 is 0. The van der Waals surface area contributed by atoms with Gasteiger partial charge in [-0.2, -0.15) is 4.99 Å². The molecule has 1 aliphatic heterocycles. The number of hydrogen-bond acceptors (Lipinski definition) is 3. The van der Waals surface area contributed by atoms with Crippen molar-refractivity contribution >= 4 is 17.6 Å². The number of carbonyl (C=O) groups excluding carboxylic acids is 2. The molecule has 3 N–H and O–H groups in total. The van der Waals surface area contributed by atoms with E-state index < -0.39 is 17.9 Å².